The van der Waals surface area contributed by atoms with Gasteiger partial charge in [0.25, 0.3) is 5.91 Å². The Morgan fingerprint density at radius 3 is 2.53 bits per heavy atom. The van der Waals surface area contributed by atoms with Crippen molar-refractivity contribution in [2.45, 2.75) is 39.7 Å². The van der Waals surface area contributed by atoms with Crippen molar-refractivity contribution in [1.82, 2.24) is 4.90 Å². The van der Waals surface area contributed by atoms with Crippen LogP contribution in [0, 0.1) is 19.8 Å². The zero-order valence-corrected chi connectivity index (χ0v) is 12.1. The number of piperidine rings is 1. The van der Waals surface area contributed by atoms with Crippen molar-refractivity contribution < 1.29 is 4.79 Å². The molecule has 0 radical (unpaired) electrons. The van der Waals surface area contributed by atoms with Crippen molar-refractivity contribution in [3.8, 4) is 0 Å². The fraction of sp³-hybridized carbons (Fsp3) is 0.562. The number of carbonyl (C=O) groups excluding carboxylic acids is 1. The number of rotatable bonds is 2. The molecule has 1 aromatic carbocycles. The number of aryl methyl sites for hydroxylation is 2. The molecule has 3 nitrogen and oxygen atoms in total. The van der Waals surface area contributed by atoms with Crippen LogP contribution in [0.25, 0.3) is 0 Å². The molecular weight excluding hydrogens is 236 g/mol. The normalized spacial score (nSPS) is 21.3. The van der Waals surface area contributed by atoms with Crippen LogP contribution in [0.5, 0.6) is 0 Å². The van der Waals surface area contributed by atoms with Crippen LogP contribution >= 0.6 is 0 Å². The zero-order chi connectivity index (χ0) is 14.0. The monoisotopic (exact) mass is 260 g/mol. The summed E-state index contributed by atoms with van der Waals surface area (Å²) in [4.78, 5) is 14.5. The van der Waals surface area contributed by atoms with E-state index in [4.69, 9.17) is 5.73 Å². The first kappa shape index (κ1) is 14.1. The van der Waals surface area contributed by atoms with Crippen LogP contribution in [0.4, 0.5) is 0 Å². The molecule has 2 atom stereocenters. The molecule has 1 aromatic rings. The van der Waals surface area contributed by atoms with Crippen molar-refractivity contribution >= 4 is 5.91 Å². The average Bonchev–Trinajstić information content (AvgIpc) is 2.37. The largest absolute Gasteiger partial charge is 0.338 e. The molecule has 1 aliphatic rings. The number of nitrogens with two attached hydrogens (primary N) is 1. The van der Waals surface area contributed by atoms with Crippen LogP contribution in [0.1, 0.15) is 41.3 Å². The van der Waals surface area contributed by atoms with Crippen molar-refractivity contribution in [1.29, 1.82) is 0 Å². The van der Waals surface area contributed by atoms with Gasteiger partial charge in [-0.1, -0.05) is 17.2 Å². The molecule has 1 fully saturated rings. The van der Waals surface area contributed by atoms with E-state index >= 15 is 0 Å². The summed E-state index contributed by atoms with van der Waals surface area (Å²) in [5.74, 6) is 0.584. The molecule has 1 amide bonds. The van der Waals surface area contributed by atoms with Crippen molar-refractivity contribution in [2.24, 2.45) is 11.7 Å². The van der Waals surface area contributed by atoms with Gasteiger partial charge < -0.3 is 10.6 Å². The van der Waals surface area contributed by atoms with Gasteiger partial charge in [0.05, 0.1) is 0 Å². The van der Waals surface area contributed by atoms with Crippen LogP contribution < -0.4 is 5.73 Å². The lowest BCUT2D eigenvalue weighted by Gasteiger charge is -2.34. The molecule has 1 aliphatic heterocycles. The highest BCUT2D eigenvalue weighted by Crippen LogP contribution is 2.21. The van der Waals surface area contributed by atoms with Crippen LogP contribution in [0.2, 0.25) is 0 Å². The number of hydrogen-bond donors (Lipinski definition) is 1. The van der Waals surface area contributed by atoms with Gasteiger partial charge in [0, 0.05) is 24.7 Å². The Morgan fingerprint density at radius 1 is 1.32 bits per heavy atom. The molecule has 0 bridgehead atoms. The lowest BCUT2D eigenvalue weighted by atomic mass is 9.91. The van der Waals surface area contributed by atoms with Gasteiger partial charge in [0.15, 0.2) is 0 Å². The first-order valence-electron chi connectivity index (χ1n) is 7.10. The standard InChI is InChI=1S/C16H24N2O/c1-11-7-12(2)9-15(8-11)16(19)18-6-4-5-14(10-18)13(3)17/h7-9,13-14H,4-6,10,17H2,1-3H3. The number of amides is 1. The van der Waals surface area contributed by atoms with Crippen LogP contribution in [-0.2, 0) is 0 Å². The fourth-order valence-corrected chi connectivity index (χ4v) is 2.90. The summed E-state index contributed by atoms with van der Waals surface area (Å²) in [6, 6.07) is 6.21. The first-order valence-corrected chi connectivity index (χ1v) is 7.10. The lowest BCUT2D eigenvalue weighted by molar-refractivity contribution is 0.0661. The first-order chi connectivity index (χ1) is 8.97. The van der Waals surface area contributed by atoms with E-state index in [9.17, 15) is 4.79 Å². The summed E-state index contributed by atoms with van der Waals surface area (Å²) in [6.45, 7) is 7.75. The number of likely N-dealkylation sites (tertiary alicyclic amines) is 1. The van der Waals surface area contributed by atoms with Gasteiger partial charge in [-0.25, -0.2) is 0 Å². The molecule has 19 heavy (non-hydrogen) atoms. The molecule has 0 saturated carbocycles. The minimum atomic E-state index is 0.150. The SMILES string of the molecule is Cc1cc(C)cc(C(=O)N2CCCC(C(C)N)C2)c1. The molecule has 104 valence electrons. The number of benzene rings is 1. The van der Waals surface area contributed by atoms with Gasteiger partial charge in [-0.15, -0.1) is 0 Å². The Labute approximate surface area is 115 Å². The Kier molecular flexibility index (Phi) is 4.25. The fourth-order valence-electron chi connectivity index (χ4n) is 2.90. The van der Waals surface area contributed by atoms with E-state index in [0.717, 1.165) is 42.6 Å². The van der Waals surface area contributed by atoms with E-state index in [-0.39, 0.29) is 11.9 Å². The number of carbonyl (C=O) groups is 1. The van der Waals surface area contributed by atoms with E-state index in [1.165, 1.54) is 0 Å². The van der Waals surface area contributed by atoms with E-state index in [1.807, 2.05) is 37.8 Å². The molecule has 0 aromatic heterocycles. The van der Waals surface area contributed by atoms with Crippen molar-refractivity contribution in [3.05, 3.63) is 34.9 Å². The van der Waals surface area contributed by atoms with Gasteiger partial charge in [-0.05, 0) is 51.7 Å². The maximum absolute atomic E-state index is 12.6. The minimum Gasteiger partial charge on any atom is -0.338 e. The topological polar surface area (TPSA) is 46.3 Å². The third-order valence-corrected chi connectivity index (χ3v) is 3.96. The third kappa shape index (κ3) is 3.35. The number of nitrogens with zero attached hydrogens (tertiary/aromatic N) is 1. The third-order valence-electron chi connectivity index (χ3n) is 3.96. The van der Waals surface area contributed by atoms with Gasteiger partial charge in [0.1, 0.15) is 0 Å². The van der Waals surface area contributed by atoms with Crippen molar-refractivity contribution in [3.63, 3.8) is 0 Å². The summed E-state index contributed by atoms with van der Waals surface area (Å²) in [6.07, 6.45) is 2.19. The minimum absolute atomic E-state index is 0.150. The molecule has 2 unspecified atom stereocenters. The quantitative estimate of drug-likeness (QED) is 0.888. The molecule has 2 N–H and O–H groups in total. The van der Waals surface area contributed by atoms with Crippen molar-refractivity contribution in [2.75, 3.05) is 13.1 Å². The summed E-state index contributed by atoms with van der Waals surface area (Å²) in [5, 5.41) is 0. The van der Waals surface area contributed by atoms with Gasteiger partial charge in [0.2, 0.25) is 0 Å². The van der Waals surface area contributed by atoms with E-state index < -0.39 is 0 Å². The maximum Gasteiger partial charge on any atom is 0.253 e. The summed E-state index contributed by atoms with van der Waals surface area (Å²) in [7, 11) is 0. The predicted molar refractivity (Wildman–Crippen MR) is 78.2 cm³/mol. The van der Waals surface area contributed by atoms with Gasteiger partial charge in [-0.3, -0.25) is 4.79 Å². The Balaban J connectivity index is 2.14. The molecule has 0 spiro atoms. The molecule has 1 saturated heterocycles. The van der Waals surface area contributed by atoms with E-state index in [2.05, 4.69) is 6.07 Å². The van der Waals surface area contributed by atoms with E-state index in [0.29, 0.717) is 5.92 Å². The summed E-state index contributed by atoms with van der Waals surface area (Å²) in [5.41, 5.74) is 9.07. The van der Waals surface area contributed by atoms with Crippen LogP contribution in [0.3, 0.4) is 0 Å². The average molecular weight is 260 g/mol. The highest BCUT2D eigenvalue weighted by molar-refractivity contribution is 5.94. The van der Waals surface area contributed by atoms with E-state index in [1.54, 1.807) is 0 Å². The molecule has 1 heterocycles. The highest BCUT2D eigenvalue weighted by Gasteiger charge is 2.26. The summed E-state index contributed by atoms with van der Waals surface area (Å²) >= 11 is 0. The van der Waals surface area contributed by atoms with Gasteiger partial charge in [-0.2, -0.15) is 0 Å². The Bertz CT molecular complexity index is 448. The smallest absolute Gasteiger partial charge is 0.253 e. The summed E-state index contributed by atoms with van der Waals surface area (Å²) < 4.78 is 0. The molecule has 3 heteroatoms. The highest BCUT2D eigenvalue weighted by atomic mass is 16.2. The predicted octanol–water partition coefficient (Wildman–Crippen LogP) is 2.50. The lowest BCUT2D eigenvalue weighted by Crippen LogP contribution is -2.45. The number of hydrogen-bond acceptors (Lipinski definition) is 2. The van der Waals surface area contributed by atoms with Gasteiger partial charge >= 0.3 is 0 Å². The molecule has 2 rings (SSSR count). The molecule has 0 aliphatic carbocycles. The van der Waals surface area contributed by atoms with Crippen LogP contribution in [0.15, 0.2) is 18.2 Å². The zero-order valence-electron chi connectivity index (χ0n) is 12.1. The Morgan fingerprint density at radius 2 is 1.95 bits per heavy atom. The second-order valence-corrected chi connectivity index (χ2v) is 5.89. The Hall–Kier alpha value is -1.35. The maximum atomic E-state index is 12.6. The second-order valence-electron chi connectivity index (χ2n) is 5.89. The second kappa shape index (κ2) is 5.74. The van der Waals surface area contributed by atoms with Crippen LogP contribution in [-0.4, -0.2) is 29.9 Å². The molecular formula is C16H24N2O.